The van der Waals surface area contributed by atoms with Gasteiger partial charge in [0.25, 0.3) is 0 Å². The van der Waals surface area contributed by atoms with E-state index in [1.54, 1.807) is 0 Å². The van der Waals surface area contributed by atoms with Gasteiger partial charge >= 0.3 is 6.03 Å². The molecule has 1 aromatic carbocycles. The Kier molecular flexibility index (Phi) is 7.71. The van der Waals surface area contributed by atoms with Crippen LogP contribution in [0.3, 0.4) is 0 Å². The molecule has 2 fully saturated rings. The van der Waals surface area contributed by atoms with E-state index in [1.165, 1.54) is 5.56 Å². The van der Waals surface area contributed by atoms with E-state index in [2.05, 4.69) is 37.6 Å². The van der Waals surface area contributed by atoms with E-state index < -0.39 is 0 Å². The van der Waals surface area contributed by atoms with Gasteiger partial charge in [0.15, 0.2) is 0 Å². The molecule has 1 atom stereocenters. The van der Waals surface area contributed by atoms with Crippen LogP contribution in [0.4, 0.5) is 10.6 Å². The summed E-state index contributed by atoms with van der Waals surface area (Å²) < 4.78 is 10.9. The maximum Gasteiger partial charge on any atom is 0.315 e. The van der Waals surface area contributed by atoms with E-state index in [9.17, 15) is 4.79 Å². The SMILES string of the molecule is O=C(NCc1ccc(N2CCOCC2)nc1)NC[C@H](c1ccccc1)N1CCOCC1. The van der Waals surface area contributed by atoms with Gasteiger partial charge in [0.05, 0.1) is 32.5 Å². The third kappa shape index (κ3) is 6.16. The maximum atomic E-state index is 12.4. The Hall–Kier alpha value is -2.68. The van der Waals surface area contributed by atoms with Gasteiger partial charge in [-0.05, 0) is 17.2 Å². The van der Waals surface area contributed by atoms with Crippen LogP contribution in [0, 0.1) is 0 Å². The lowest BCUT2D eigenvalue weighted by molar-refractivity contribution is 0.0167. The number of nitrogens with one attached hydrogen (secondary N) is 2. The number of benzene rings is 1. The Morgan fingerprint density at radius 2 is 1.65 bits per heavy atom. The van der Waals surface area contributed by atoms with Crippen LogP contribution in [0.1, 0.15) is 17.2 Å². The molecular formula is C23H31N5O3. The van der Waals surface area contributed by atoms with Gasteiger partial charge in [-0.1, -0.05) is 36.4 Å². The number of hydrogen-bond donors (Lipinski definition) is 2. The van der Waals surface area contributed by atoms with Crippen molar-refractivity contribution in [3.63, 3.8) is 0 Å². The molecule has 4 rings (SSSR count). The van der Waals surface area contributed by atoms with Gasteiger partial charge in [0, 0.05) is 45.5 Å². The van der Waals surface area contributed by atoms with Crippen molar-refractivity contribution in [3.8, 4) is 0 Å². The molecule has 0 spiro atoms. The third-order valence-electron chi connectivity index (χ3n) is 5.72. The van der Waals surface area contributed by atoms with Gasteiger partial charge in [-0.15, -0.1) is 0 Å². The molecule has 0 aliphatic carbocycles. The average Bonchev–Trinajstić information content (AvgIpc) is 2.85. The Morgan fingerprint density at radius 1 is 0.935 bits per heavy atom. The normalized spacial score (nSPS) is 18.4. The number of rotatable bonds is 7. The number of ether oxygens (including phenoxy) is 2. The first-order valence-corrected chi connectivity index (χ1v) is 11.0. The van der Waals surface area contributed by atoms with Gasteiger partial charge in [-0.3, -0.25) is 4.90 Å². The second-order valence-electron chi connectivity index (χ2n) is 7.76. The fourth-order valence-electron chi connectivity index (χ4n) is 3.96. The summed E-state index contributed by atoms with van der Waals surface area (Å²) in [6.07, 6.45) is 1.82. The quantitative estimate of drug-likeness (QED) is 0.704. The van der Waals surface area contributed by atoms with E-state index in [-0.39, 0.29) is 12.1 Å². The number of hydrogen-bond acceptors (Lipinski definition) is 6. The predicted molar refractivity (Wildman–Crippen MR) is 119 cm³/mol. The standard InChI is InChI=1S/C23H31N5O3/c29-23(25-17-19-6-7-22(24-16-19)28-10-14-31-15-11-28)26-18-21(20-4-2-1-3-5-20)27-8-12-30-13-9-27/h1-7,16,21H,8-15,17-18H2,(H2,25,26,29)/t21-/m1/s1. The number of urea groups is 1. The molecule has 2 saturated heterocycles. The summed E-state index contributed by atoms with van der Waals surface area (Å²) in [5.74, 6) is 0.952. The molecule has 8 nitrogen and oxygen atoms in total. The lowest BCUT2D eigenvalue weighted by Gasteiger charge is -2.34. The van der Waals surface area contributed by atoms with Crippen molar-refractivity contribution >= 4 is 11.8 Å². The van der Waals surface area contributed by atoms with Gasteiger partial charge < -0.3 is 25.0 Å². The van der Waals surface area contributed by atoms with Gasteiger partial charge in [-0.2, -0.15) is 0 Å². The van der Waals surface area contributed by atoms with Crippen LogP contribution in [0.5, 0.6) is 0 Å². The van der Waals surface area contributed by atoms with Crippen LogP contribution in [-0.4, -0.2) is 75.1 Å². The summed E-state index contributed by atoms with van der Waals surface area (Å²) in [4.78, 5) is 21.6. The zero-order valence-corrected chi connectivity index (χ0v) is 17.8. The molecule has 0 bridgehead atoms. The smallest absolute Gasteiger partial charge is 0.315 e. The molecule has 2 N–H and O–H groups in total. The molecule has 0 saturated carbocycles. The molecule has 2 amide bonds. The monoisotopic (exact) mass is 425 g/mol. The van der Waals surface area contributed by atoms with Crippen LogP contribution in [0.25, 0.3) is 0 Å². The number of amides is 2. The van der Waals surface area contributed by atoms with Crippen LogP contribution in [0.15, 0.2) is 48.7 Å². The summed E-state index contributed by atoms with van der Waals surface area (Å²) in [5.41, 5.74) is 2.17. The van der Waals surface area contributed by atoms with Crippen LogP contribution in [0.2, 0.25) is 0 Å². The van der Waals surface area contributed by atoms with Crippen molar-refractivity contribution in [1.29, 1.82) is 0 Å². The fourth-order valence-corrected chi connectivity index (χ4v) is 3.96. The Bertz CT molecular complexity index is 806. The van der Waals surface area contributed by atoms with Crippen molar-refractivity contribution < 1.29 is 14.3 Å². The topological polar surface area (TPSA) is 79.0 Å². The largest absolute Gasteiger partial charge is 0.379 e. The van der Waals surface area contributed by atoms with Crippen LogP contribution < -0.4 is 15.5 Å². The second kappa shape index (κ2) is 11.1. The summed E-state index contributed by atoms with van der Waals surface area (Å²) in [6, 6.07) is 14.3. The van der Waals surface area contributed by atoms with Crippen molar-refractivity contribution in [1.82, 2.24) is 20.5 Å². The highest BCUT2D eigenvalue weighted by Crippen LogP contribution is 2.21. The highest BCUT2D eigenvalue weighted by atomic mass is 16.5. The number of pyridine rings is 1. The zero-order chi connectivity index (χ0) is 21.3. The molecule has 2 aliphatic heterocycles. The van der Waals surface area contributed by atoms with Crippen LogP contribution >= 0.6 is 0 Å². The number of nitrogens with zero attached hydrogens (tertiary/aromatic N) is 3. The predicted octanol–water partition coefficient (Wildman–Crippen LogP) is 1.79. The molecule has 2 aromatic rings. The number of carbonyl (C=O) groups is 1. The minimum atomic E-state index is -0.175. The Balaban J connectivity index is 1.27. The van der Waals surface area contributed by atoms with E-state index >= 15 is 0 Å². The number of morpholine rings is 2. The molecule has 3 heterocycles. The first-order valence-electron chi connectivity index (χ1n) is 11.0. The summed E-state index contributed by atoms with van der Waals surface area (Å²) in [5, 5.41) is 5.98. The molecule has 0 unspecified atom stereocenters. The van der Waals surface area contributed by atoms with Gasteiger partial charge in [0.1, 0.15) is 5.82 Å². The van der Waals surface area contributed by atoms with Crippen molar-refractivity contribution in [3.05, 3.63) is 59.8 Å². The first-order chi connectivity index (χ1) is 15.3. The van der Waals surface area contributed by atoms with Crippen molar-refractivity contribution in [2.45, 2.75) is 12.6 Å². The summed E-state index contributed by atoms with van der Waals surface area (Å²) in [6.45, 7) is 7.36. The van der Waals surface area contributed by atoms with E-state index in [0.29, 0.717) is 13.1 Å². The Morgan fingerprint density at radius 3 is 2.32 bits per heavy atom. The Labute approximate surface area is 183 Å². The lowest BCUT2D eigenvalue weighted by atomic mass is 10.0. The number of carbonyl (C=O) groups excluding carboxylic acids is 1. The summed E-state index contributed by atoms with van der Waals surface area (Å²) >= 11 is 0. The molecule has 2 aliphatic rings. The van der Waals surface area contributed by atoms with E-state index in [0.717, 1.165) is 64.0 Å². The van der Waals surface area contributed by atoms with Gasteiger partial charge in [-0.25, -0.2) is 9.78 Å². The molecule has 8 heteroatoms. The highest BCUT2D eigenvalue weighted by molar-refractivity contribution is 5.73. The highest BCUT2D eigenvalue weighted by Gasteiger charge is 2.23. The zero-order valence-electron chi connectivity index (χ0n) is 17.8. The second-order valence-corrected chi connectivity index (χ2v) is 7.76. The van der Waals surface area contributed by atoms with Gasteiger partial charge in [0.2, 0.25) is 0 Å². The fraction of sp³-hybridized carbons (Fsp3) is 0.478. The van der Waals surface area contributed by atoms with Crippen molar-refractivity contribution in [2.24, 2.45) is 0 Å². The van der Waals surface area contributed by atoms with Crippen LogP contribution in [-0.2, 0) is 16.0 Å². The number of anilines is 1. The lowest BCUT2D eigenvalue weighted by Crippen LogP contribution is -2.45. The minimum Gasteiger partial charge on any atom is -0.379 e. The molecule has 1 aromatic heterocycles. The number of aromatic nitrogens is 1. The molecule has 31 heavy (non-hydrogen) atoms. The maximum absolute atomic E-state index is 12.4. The molecule has 166 valence electrons. The molecule has 0 radical (unpaired) electrons. The van der Waals surface area contributed by atoms with E-state index in [4.69, 9.17) is 9.47 Å². The van der Waals surface area contributed by atoms with Crippen molar-refractivity contribution in [2.75, 3.05) is 64.1 Å². The molecular weight excluding hydrogens is 394 g/mol. The summed E-state index contributed by atoms with van der Waals surface area (Å²) in [7, 11) is 0. The third-order valence-corrected chi connectivity index (χ3v) is 5.72. The average molecular weight is 426 g/mol. The minimum absolute atomic E-state index is 0.130. The van der Waals surface area contributed by atoms with E-state index in [1.807, 2.05) is 36.5 Å². The first kappa shape index (κ1) is 21.5.